The molecule has 1 aromatic carbocycles. The molecule has 6 nitrogen and oxygen atoms in total. The van der Waals surface area contributed by atoms with Gasteiger partial charge < -0.3 is 11.1 Å². The zero-order valence-corrected chi connectivity index (χ0v) is 14.0. The van der Waals surface area contributed by atoms with Crippen molar-refractivity contribution in [3.63, 3.8) is 0 Å². The number of carbonyl (C=O) groups is 1. The van der Waals surface area contributed by atoms with Crippen molar-refractivity contribution in [3.05, 3.63) is 22.8 Å². The van der Waals surface area contributed by atoms with Crippen molar-refractivity contribution >= 4 is 21.6 Å². The van der Waals surface area contributed by atoms with Gasteiger partial charge in [-0.3, -0.25) is 4.79 Å². The predicted octanol–water partition coefficient (Wildman–Crippen LogP) is 0.951. The summed E-state index contributed by atoms with van der Waals surface area (Å²) in [5, 5.41) is 2.58. The second kappa shape index (κ2) is 6.44. The summed E-state index contributed by atoms with van der Waals surface area (Å²) < 4.78 is 26.4. The van der Waals surface area contributed by atoms with Gasteiger partial charge in [0, 0.05) is 19.3 Å². The highest BCUT2D eigenvalue weighted by Crippen LogP contribution is 2.29. The number of rotatable bonds is 5. The monoisotopic (exact) mass is 313 g/mol. The van der Waals surface area contributed by atoms with Crippen LogP contribution in [0.5, 0.6) is 0 Å². The quantitative estimate of drug-likeness (QED) is 0.792. The van der Waals surface area contributed by atoms with Crippen LogP contribution >= 0.6 is 0 Å². The number of anilines is 1. The normalized spacial score (nSPS) is 11.7. The fourth-order valence-electron chi connectivity index (χ4n) is 2.27. The standard InChI is InChI=1S/C14H23N3O3S/c1-6-16-12(18)8-17(5)21(19,20)14-10(3)7-9(2)13(15)11(14)4/h7H,6,8,15H2,1-5H3,(H,16,18). The lowest BCUT2D eigenvalue weighted by Crippen LogP contribution is -2.38. The number of sulfonamides is 1. The van der Waals surface area contributed by atoms with E-state index in [-0.39, 0.29) is 17.3 Å². The van der Waals surface area contributed by atoms with Crippen LogP contribution in [0, 0.1) is 20.8 Å². The maximum absolute atomic E-state index is 12.7. The SMILES string of the molecule is CCNC(=O)CN(C)S(=O)(=O)c1c(C)cc(C)c(N)c1C. The molecule has 0 heterocycles. The van der Waals surface area contributed by atoms with E-state index >= 15 is 0 Å². The molecular weight excluding hydrogens is 290 g/mol. The van der Waals surface area contributed by atoms with Gasteiger partial charge in [-0.1, -0.05) is 6.07 Å². The van der Waals surface area contributed by atoms with Gasteiger partial charge in [-0.25, -0.2) is 8.42 Å². The van der Waals surface area contributed by atoms with Gasteiger partial charge in [0.2, 0.25) is 15.9 Å². The lowest BCUT2D eigenvalue weighted by Gasteiger charge is -2.21. The van der Waals surface area contributed by atoms with Gasteiger partial charge >= 0.3 is 0 Å². The lowest BCUT2D eigenvalue weighted by atomic mass is 10.1. The van der Waals surface area contributed by atoms with Crippen LogP contribution in [0.15, 0.2) is 11.0 Å². The Hall–Kier alpha value is -1.60. The van der Waals surface area contributed by atoms with Crippen molar-refractivity contribution < 1.29 is 13.2 Å². The highest BCUT2D eigenvalue weighted by molar-refractivity contribution is 7.89. The van der Waals surface area contributed by atoms with Crippen LogP contribution < -0.4 is 11.1 Å². The van der Waals surface area contributed by atoms with Crippen LogP contribution in [0.1, 0.15) is 23.6 Å². The molecule has 0 aliphatic rings. The molecule has 0 aliphatic carbocycles. The van der Waals surface area contributed by atoms with Crippen molar-refractivity contribution in [1.29, 1.82) is 0 Å². The van der Waals surface area contributed by atoms with Gasteiger partial charge in [0.15, 0.2) is 0 Å². The number of amides is 1. The molecule has 1 amide bonds. The van der Waals surface area contributed by atoms with Gasteiger partial charge in [-0.2, -0.15) is 4.31 Å². The molecule has 0 radical (unpaired) electrons. The molecule has 0 fully saturated rings. The minimum Gasteiger partial charge on any atom is -0.398 e. The van der Waals surface area contributed by atoms with E-state index in [1.54, 1.807) is 26.8 Å². The molecule has 0 atom stereocenters. The number of benzene rings is 1. The van der Waals surface area contributed by atoms with Gasteiger partial charge in [0.25, 0.3) is 0 Å². The summed E-state index contributed by atoms with van der Waals surface area (Å²) in [6, 6.07) is 1.75. The number of nitrogens with one attached hydrogen (secondary N) is 1. The molecule has 0 spiro atoms. The number of nitrogens with zero attached hydrogens (tertiary/aromatic N) is 1. The number of hydrogen-bond donors (Lipinski definition) is 2. The number of nitrogen functional groups attached to an aromatic ring is 1. The van der Waals surface area contributed by atoms with E-state index in [1.165, 1.54) is 7.05 Å². The molecule has 0 unspecified atom stereocenters. The van der Waals surface area contributed by atoms with E-state index in [1.807, 2.05) is 6.92 Å². The second-order valence-corrected chi connectivity index (χ2v) is 7.07. The highest BCUT2D eigenvalue weighted by atomic mass is 32.2. The average Bonchev–Trinajstić information content (AvgIpc) is 2.35. The fourth-order valence-corrected chi connectivity index (χ4v) is 3.84. The van der Waals surface area contributed by atoms with E-state index in [2.05, 4.69) is 5.32 Å². The molecule has 0 saturated heterocycles. The van der Waals surface area contributed by atoms with Gasteiger partial charge in [-0.05, 0) is 44.4 Å². The zero-order valence-electron chi connectivity index (χ0n) is 13.1. The molecular formula is C14H23N3O3S. The predicted molar refractivity (Wildman–Crippen MR) is 83.6 cm³/mol. The van der Waals surface area contributed by atoms with Crippen LogP contribution in [0.3, 0.4) is 0 Å². The first-order valence-corrected chi connectivity index (χ1v) is 8.16. The Balaban J connectivity index is 3.26. The van der Waals surface area contributed by atoms with Crippen LogP contribution in [0.25, 0.3) is 0 Å². The third-order valence-electron chi connectivity index (χ3n) is 3.37. The summed E-state index contributed by atoms with van der Waals surface area (Å²) in [5.74, 6) is -0.334. The second-order valence-electron chi connectivity index (χ2n) is 5.09. The highest BCUT2D eigenvalue weighted by Gasteiger charge is 2.27. The molecule has 0 saturated carbocycles. The summed E-state index contributed by atoms with van der Waals surface area (Å²) in [6.45, 7) is 7.27. The minimum atomic E-state index is -3.76. The van der Waals surface area contributed by atoms with E-state index in [0.717, 1.165) is 9.87 Å². The molecule has 1 rings (SSSR count). The van der Waals surface area contributed by atoms with Crippen molar-refractivity contribution in [2.75, 3.05) is 25.9 Å². The summed E-state index contributed by atoms with van der Waals surface area (Å²) >= 11 is 0. The van der Waals surface area contributed by atoms with Gasteiger partial charge in [0.1, 0.15) is 0 Å². The van der Waals surface area contributed by atoms with Crippen LogP contribution in [-0.4, -0.2) is 38.8 Å². The van der Waals surface area contributed by atoms with Crippen molar-refractivity contribution in [2.45, 2.75) is 32.6 Å². The first-order valence-electron chi connectivity index (χ1n) is 6.72. The van der Waals surface area contributed by atoms with Gasteiger partial charge in [-0.15, -0.1) is 0 Å². The smallest absolute Gasteiger partial charge is 0.243 e. The molecule has 21 heavy (non-hydrogen) atoms. The molecule has 118 valence electrons. The largest absolute Gasteiger partial charge is 0.398 e. The molecule has 1 aromatic rings. The third kappa shape index (κ3) is 3.54. The molecule has 0 aliphatic heterocycles. The van der Waals surface area contributed by atoms with Crippen LogP contribution in [0.4, 0.5) is 5.69 Å². The third-order valence-corrected chi connectivity index (χ3v) is 5.46. The maximum atomic E-state index is 12.7. The van der Waals surface area contributed by atoms with Crippen molar-refractivity contribution in [3.8, 4) is 0 Å². The van der Waals surface area contributed by atoms with Crippen LogP contribution in [-0.2, 0) is 14.8 Å². The summed E-state index contributed by atoms with van der Waals surface area (Å²) in [6.07, 6.45) is 0. The van der Waals surface area contributed by atoms with Crippen molar-refractivity contribution in [2.24, 2.45) is 0 Å². The molecule has 3 N–H and O–H groups in total. The Labute approximate surface area is 126 Å². The summed E-state index contributed by atoms with van der Waals surface area (Å²) in [7, 11) is -2.37. The Kier molecular flexibility index (Phi) is 5.36. The summed E-state index contributed by atoms with van der Waals surface area (Å²) in [4.78, 5) is 11.8. The van der Waals surface area contributed by atoms with E-state index < -0.39 is 10.0 Å². The number of hydrogen-bond acceptors (Lipinski definition) is 4. The zero-order chi connectivity index (χ0) is 16.4. The first kappa shape index (κ1) is 17.5. The molecule has 0 bridgehead atoms. The van der Waals surface area contributed by atoms with Crippen LogP contribution in [0.2, 0.25) is 0 Å². The molecule has 7 heteroatoms. The Morgan fingerprint density at radius 2 is 1.86 bits per heavy atom. The average molecular weight is 313 g/mol. The number of nitrogens with two attached hydrogens (primary N) is 1. The lowest BCUT2D eigenvalue weighted by molar-refractivity contribution is -0.121. The molecule has 0 aromatic heterocycles. The number of aryl methyl sites for hydroxylation is 2. The maximum Gasteiger partial charge on any atom is 0.243 e. The first-order chi connectivity index (χ1) is 9.62. The topological polar surface area (TPSA) is 92.5 Å². The minimum absolute atomic E-state index is 0.178. The summed E-state index contributed by atoms with van der Waals surface area (Å²) in [5.41, 5.74) is 8.39. The van der Waals surface area contributed by atoms with E-state index in [4.69, 9.17) is 5.73 Å². The van der Waals surface area contributed by atoms with Crippen molar-refractivity contribution in [1.82, 2.24) is 9.62 Å². The Morgan fingerprint density at radius 1 is 1.29 bits per heavy atom. The Morgan fingerprint density at radius 3 is 2.38 bits per heavy atom. The fraction of sp³-hybridized carbons (Fsp3) is 0.500. The van der Waals surface area contributed by atoms with E-state index in [0.29, 0.717) is 23.4 Å². The van der Waals surface area contributed by atoms with E-state index in [9.17, 15) is 13.2 Å². The Bertz CT molecular complexity index is 654. The number of carbonyl (C=O) groups excluding carboxylic acids is 1. The van der Waals surface area contributed by atoms with Gasteiger partial charge in [0.05, 0.1) is 11.4 Å². The number of likely N-dealkylation sites (N-methyl/N-ethyl adjacent to an activating group) is 2.